The molecular formula is C2H5NiO3P. The molecule has 0 aromatic heterocycles. The van der Waals surface area contributed by atoms with Crippen molar-refractivity contribution in [2.24, 2.45) is 0 Å². The number of hydrogen-bond acceptors (Lipinski definition) is 3. The third-order valence-corrected chi connectivity index (χ3v) is 1.16. The van der Waals surface area contributed by atoms with Gasteiger partial charge < -0.3 is 14.4 Å². The van der Waals surface area contributed by atoms with Crippen LogP contribution in [-0.2, 0) is 21.1 Å². The summed E-state index contributed by atoms with van der Waals surface area (Å²) in [7, 11) is -4.15. The predicted octanol–water partition coefficient (Wildman–Crippen LogP) is -1.08. The van der Waals surface area contributed by atoms with E-state index in [1.165, 1.54) is 6.92 Å². The molecule has 46 valence electrons. The van der Waals surface area contributed by atoms with Crippen LogP contribution in [0.2, 0.25) is 0 Å². The Bertz CT molecular complexity index is 77.0. The van der Waals surface area contributed by atoms with Gasteiger partial charge in [-0.05, 0) is 6.16 Å². The van der Waals surface area contributed by atoms with Crippen molar-refractivity contribution < 1.29 is 30.8 Å². The van der Waals surface area contributed by atoms with Crippen LogP contribution in [0, 0.1) is 0 Å². The van der Waals surface area contributed by atoms with Crippen LogP contribution in [0.4, 0.5) is 0 Å². The molecule has 0 aliphatic rings. The van der Waals surface area contributed by atoms with Crippen LogP contribution < -0.4 is 9.79 Å². The van der Waals surface area contributed by atoms with Gasteiger partial charge in [-0.3, -0.25) is 0 Å². The van der Waals surface area contributed by atoms with Crippen molar-refractivity contribution in [1.82, 2.24) is 0 Å². The molecule has 0 N–H and O–H groups in total. The van der Waals surface area contributed by atoms with E-state index in [0.717, 1.165) is 0 Å². The molecule has 0 aromatic carbocycles. The van der Waals surface area contributed by atoms with Crippen molar-refractivity contribution >= 4 is 7.60 Å². The maximum atomic E-state index is 9.47. The van der Waals surface area contributed by atoms with Gasteiger partial charge in [-0.25, -0.2) is 0 Å². The van der Waals surface area contributed by atoms with Crippen molar-refractivity contribution in [2.75, 3.05) is 6.16 Å². The maximum Gasteiger partial charge on any atom is 2.00 e. The van der Waals surface area contributed by atoms with Crippen molar-refractivity contribution in [3.63, 3.8) is 0 Å². The summed E-state index contributed by atoms with van der Waals surface area (Å²) in [6, 6.07) is 0. The van der Waals surface area contributed by atoms with Crippen LogP contribution in [0.3, 0.4) is 0 Å². The van der Waals surface area contributed by atoms with E-state index in [0.29, 0.717) is 0 Å². The van der Waals surface area contributed by atoms with Crippen LogP contribution in [0.5, 0.6) is 0 Å². The van der Waals surface area contributed by atoms with E-state index in [2.05, 4.69) is 0 Å². The van der Waals surface area contributed by atoms with E-state index >= 15 is 0 Å². The fourth-order valence-electron chi connectivity index (χ4n) is 0. The zero-order chi connectivity index (χ0) is 5.21. The Morgan fingerprint density at radius 3 is 1.71 bits per heavy atom. The molecule has 0 radical (unpaired) electrons. The first kappa shape index (κ1) is 10.6. The molecule has 0 aliphatic carbocycles. The Morgan fingerprint density at radius 1 is 1.57 bits per heavy atom. The largest absolute Gasteiger partial charge is 2.00 e. The van der Waals surface area contributed by atoms with E-state index in [1.807, 2.05) is 0 Å². The van der Waals surface area contributed by atoms with Gasteiger partial charge in [0.25, 0.3) is 0 Å². The Kier molecular flexibility index (Phi) is 5.48. The number of hydrogen-bond donors (Lipinski definition) is 0. The summed E-state index contributed by atoms with van der Waals surface area (Å²) < 4.78 is 9.47. The van der Waals surface area contributed by atoms with Crippen LogP contribution in [0.1, 0.15) is 6.92 Å². The molecule has 0 rings (SSSR count). The molecule has 5 heteroatoms. The normalized spacial score (nSPS) is 10.1. The van der Waals surface area contributed by atoms with Gasteiger partial charge in [0, 0.05) is 0 Å². The summed E-state index contributed by atoms with van der Waals surface area (Å²) in [5.74, 6) is 0. The minimum absolute atomic E-state index is 0. The molecule has 0 heterocycles. The van der Waals surface area contributed by atoms with Crippen LogP contribution in [0.25, 0.3) is 0 Å². The molecule has 0 fully saturated rings. The zero-order valence-electron chi connectivity index (χ0n) is 3.70. The van der Waals surface area contributed by atoms with Crippen LogP contribution in [-0.4, -0.2) is 6.16 Å². The average Bonchev–Trinajstić information content (AvgIpc) is 1.35. The summed E-state index contributed by atoms with van der Waals surface area (Å²) in [4.78, 5) is 18.9. The van der Waals surface area contributed by atoms with E-state index < -0.39 is 7.60 Å². The second kappa shape index (κ2) is 3.62. The van der Waals surface area contributed by atoms with E-state index in [9.17, 15) is 14.4 Å². The van der Waals surface area contributed by atoms with Crippen molar-refractivity contribution in [3.8, 4) is 0 Å². The molecule has 7 heavy (non-hydrogen) atoms. The third-order valence-electron chi connectivity index (χ3n) is 0.387. The second-order valence-corrected chi connectivity index (χ2v) is 2.78. The van der Waals surface area contributed by atoms with Crippen molar-refractivity contribution in [3.05, 3.63) is 0 Å². The van der Waals surface area contributed by atoms with E-state index in [1.54, 1.807) is 0 Å². The average molecular weight is 167 g/mol. The van der Waals surface area contributed by atoms with Gasteiger partial charge >= 0.3 is 16.5 Å². The summed E-state index contributed by atoms with van der Waals surface area (Å²) in [6.45, 7) is 1.32. The van der Waals surface area contributed by atoms with Gasteiger partial charge in [-0.2, -0.15) is 0 Å². The molecule has 0 spiro atoms. The van der Waals surface area contributed by atoms with Gasteiger partial charge in [0.1, 0.15) is 0 Å². The monoisotopic (exact) mass is 166 g/mol. The molecule has 0 amide bonds. The molecular weight excluding hydrogens is 162 g/mol. The minimum Gasteiger partial charge on any atom is -0.811 e. The fraction of sp³-hybridized carbons (Fsp3) is 1.00. The molecule has 0 bridgehead atoms. The quantitative estimate of drug-likeness (QED) is 0.368. The van der Waals surface area contributed by atoms with Crippen LogP contribution >= 0.6 is 7.60 Å². The SMILES string of the molecule is CCP(=O)([O-])[O-].[Ni+2]. The van der Waals surface area contributed by atoms with Gasteiger partial charge in [0.05, 0.1) is 0 Å². The Morgan fingerprint density at radius 2 is 1.71 bits per heavy atom. The summed E-state index contributed by atoms with van der Waals surface area (Å²) in [5.41, 5.74) is 0. The van der Waals surface area contributed by atoms with E-state index in [4.69, 9.17) is 0 Å². The van der Waals surface area contributed by atoms with Gasteiger partial charge in [0.2, 0.25) is 0 Å². The first-order valence-electron chi connectivity index (χ1n) is 1.57. The standard InChI is InChI=1S/C2H7O3P.Ni/c1-2-6(3,4)5;/h2H2,1H3,(H2,3,4,5);/q;+2/p-2. The molecule has 0 atom stereocenters. The van der Waals surface area contributed by atoms with Crippen molar-refractivity contribution in [1.29, 1.82) is 0 Å². The van der Waals surface area contributed by atoms with Crippen LogP contribution in [0.15, 0.2) is 0 Å². The summed E-state index contributed by atoms with van der Waals surface area (Å²) in [6.07, 6.45) is -0.285. The smallest absolute Gasteiger partial charge is 0.811 e. The topological polar surface area (TPSA) is 63.2 Å². The third kappa shape index (κ3) is 10.8. The molecule has 0 saturated heterocycles. The van der Waals surface area contributed by atoms with Gasteiger partial charge in [-0.15, -0.1) is 0 Å². The molecule has 0 unspecified atom stereocenters. The Labute approximate surface area is 52.2 Å². The fourth-order valence-corrected chi connectivity index (χ4v) is 0. The van der Waals surface area contributed by atoms with Crippen molar-refractivity contribution in [2.45, 2.75) is 6.92 Å². The summed E-state index contributed by atoms with van der Waals surface area (Å²) >= 11 is 0. The molecule has 0 saturated carbocycles. The molecule has 0 aromatic rings. The molecule has 3 nitrogen and oxygen atoms in total. The second-order valence-electron chi connectivity index (χ2n) is 0.927. The molecule has 0 aliphatic heterocycles. The predicted molar refractivity (Wildman–Crippen MR) is 18.1 cm³/mol. The first-order valence-corrected chi connectivity index (χ1v) is 3.30. The Balaban J connectivity index is 0. The first-order chi connectivity index (χ1) is 2.56. The zero-order valence-corrected chi connectivity index (χ0v) is 5.58. The Hall–Kier alpha value is 0.644. The summed E-state index contributed by atoms with van der Waals surface area (Å²) in [5, 5.41) is 0. The minimum atomic E-state index is -4.15. The number of rotatable bonds is 1. The van der Waals surface area contributed by atoms with Gasteiger partial charge in [0.15, 0.2) is 0 Å². The maximum absolute atomic E-state index is 9.47. The van der Waals surface area contributed by atoms with Gasteiger partial charge in [-0.1, -0.05) is 14.5 Å². The van der Waals surface area contributed by atoms with E-state index in [-0.39, 0.29) is 22.7 Å².